The van der Waals surface area contributed by atoms with Gasteiger partial charge >= 0.3 is 5.97 Å². The molecule has 0 aliphatic rings. The fourth-order valence-electron chi connectivity index (χ4n) is 2.34. The molecule has 0 spiro atoms. The molecule has 0 aromatic heterocycles. The molecule has 0 aliphatic heterocycles. The van der Waals surface area contributed by atoms with Gasteiger partial charge in [-0.3, -0.25) is 4.79 Å². The number of carbonyl (C=O) groups is 1. The summed E-state index contributed by atoms with van der Waals surface area (Å²) in [7, 11) is 3.70. The Balaban J connectivity index is 2.59. The van der Waals surface area contributed by atoms with Gasteiger partial charge in [0.05, 0.1) is 7.11 Å². The molecule has 0 aliphatic carbocycles. The van der Waals surface area contributed by atoms with E-state index in [2.05, 4.69) is 17.0 Å². The van der Waals surface area contributed by atoms with Crippen molar-refractivity contribution >= 4 is 5.97 Å². The number of aliphatic carboxylic acids is 1. The molecular formula is C15H23NO3. The van der Waals surface area contributed by atoms with Crippen molar-refractivity contribution in [3.63, 3.8) is 0 Å². The molecule has 1 N–H and O–H groups in total. The lowest BCUT2D eigenvalue weighted by Gasteiger charge is -2.18. The maximum Gasteiger partial charge on any atom is 0.303 e. The van der Waals surface area contributed by atoms with Gasteiger partial charge in [-0.05, 0) is 50.6 Å². The van der Waals surface area contributed by atoms with Crippen molar-refractivity contribution in [2.45, 2.75) is 33.2 Å². The van der Waals surface area contributed by atoms with Gasteiger partial charge in [-0.15, -0.1) is 0 Å². The smallest absolute Gasteiger partial charge is 0.303 e. The molecule has 0 unspecified atom stereocenters. The summed E-state index contributed by atoms with van der Waals surface area (Å²) in [5, 5.41) is 8.61. The predicted octanol–water partition coefficient (Wildman–Crippen LogP) is 2.61. The highest BCUT2D eigenvalue weighted by molar-refractivity contribution is 5.66. The maximum absolute atomic E-state index is 10.5. The summed E-state index contributed by atoms with van der Waals surface area (Å²) in [5.74, 6) is 0.210. The number of methoxy groups -OCH3 is 1. The first-order valence-electron chi connectivity index (χ1n) is 6.48. The molecule has 1 aromatic rings. The van der Waals surface area contributed by atoms with Crippen LogP contribution in [0.1, 0.15) is 29.5 Å². The summed E-state index contributed by atoms with van der Waals surface area (Å²) < 4.78 is 5.35. The minimum atomic E-state index is -0.732. The number of carboxylic acid groups (broad SMARTS) is 1. The molecule has 1 aromatic carbocycles. The quantitative estimate of drug-likeness (QED) is 0.823. The summed E-state index contributed by atoms with van der Waals surface area (Å²) in [5.41, 5.74) is 3.50. The molecular weight excluding hydrogens is 242 g/mol. The zero-order chi connectivity index (χ0) is 14.4. The van der Waals surface area contributed by atoms with E-state index in [4.69, 9.17) is 9.84 Å². The maximum atomic E-state index is 10.5. The van der Waals surface area contributed by atoms with E-state index in [9.17, 15) is 4.79 Å². The Morgan fingerprint density at radius 2 is 1.89 bits per heavy atom. The molecule has 106 valence electrons. The van der Waals surface area contributed by atoms with Crippen molar-refractivity contribution in [1.29, 1.82) is 0 Å². The van der Waals surface area contributed by atoms with Crippen molar-refractivity contribution in [1.82, 2.24) is 4.90 Å². The van der Waals surface area contributed by atoms with Gasteiger partial charge in [0.1, 0.15) is 5.75 Å². The van der Waals surface area contributed by atoms with Gasteiger partial charge in [-0.25, -0.2) is 0 Å². The summed E-state index contributed by atoms with van der Waals surface area (Å²) in [6.45, 7) is 5.70. The van der Waals surface area contributed by atoms with E-state index < -0.39 is 5.97 Å². The normalized spacial score (nSPS) is 10.8. The van der Waals surface area contributed by atoms with Crippen LogP contribution in [0.4, 0.5) is 0 Å². The van der Waals surface area contributed by atoms with Crippen molar-refractivity contribution in [3.05, 3.63) is 28.8 Å². The molecule has 0 saturated heterocycles. The first-order valence-corrected chi connectivity index (χ1v) is 6.48. The van der Waals surface area contributed by atoms with Gasteiger partial charge in [0.25, 0.3) is 0 Å². The van der Waals surface area contributed by atoms with Gasteiger partial charge in [0, 0.05) is 13.0 Å². The first kappa shape index (κ1) is 15.5. The van der Waals surface area contributed by atoms with Crippen molar-refractivity contribution < 1.29 is 14.6 Å². The number of carboxylic acids is 1. The van der Waals surface area contributed by atoms with Crippen LogP contribution in [0, 0.1) is 13.8 Å². The van der Waals surface area contributed by atoms with E-state index in [0.717, 1.165) is 30.0 Å². The molecule has 4 nitrogen and oxygen atoms in total. The van der Waals surface area contributed by atoms with Gasteiger partial charge in [0.15, 0.2) is 0 Å². The van der Waals surface area contributed by atoms with Crippen molar-refractivity contribution in [3.8, 4) is 5.75 Å². The van der Waals surface area contributed by atoms with Crippen LogP contribution >= 0.6 is 0 Å². The Labute approximate surface area is 115 Å². The minimum absolute atomic E-state index is 0.227. The van der Waals surface area contributed by atoms with Crippen LogP contribution in [0.15, 0.2) is 12.1 Å². The van der Waals surface area contributed by atoms with Crippen LogP contribution in [0.5, 0.6) is 5.75 Å². The van der Waals surface area contributed by atoms with Gasteiger partial charge in [-0.1, -0.05) is 12.1 Å². The number of hydrogen-bond donors (Lipinski definition) is 1. The molecule has 1 rings (SSSR count). The Morgan fingerprint density at radius 3 is 2.37 bits per heavy atom. The topological polar surface area (TPSA) is 49.8 Å². The Morgan fingerprint density at radius 1 is 1.32 bits per heavy atom. The Kier molecular flexibility index (Phi) is 5.83. The van der Waals surface area contributed by atoms with Gasteiger partial charge < -0.3 is 14.7 Å². The number of hydrogen-bond acceptors (Lipinski definition) is 3. The summed E-state index contributed by atoms with van der Waals surface area (Å²) in [6, 6.07) is 4.25. The monoisotopic (exact) mass is 265 g/mol. The highest BCUT2D eigenvalue weighted by Gasteiger charge is 2.07. The second-order valence-electron chi connectivity index (χ2n) is 5.00. The van der Waals surface area contributed by atoms with E-state index >= 15 is 0 Å². The molecule has 0 fully saturated rings. The van der Waals surface area contributed by atoms with Crippen LogP contribution < -0.4 is 4.74 Å². The van der Waals surface area contributed by atoms with Crippen LogP contribution in [0.2, 0.25) is 0 Å². The lowest BCUT2D eigenvalue weighted by molar-refractivity contribution is -0.137. The molecule has 4 heteroatoms. The fraction of sp³-hybridized carbons (Fsp3) is 0.533. The Bertz CT molecular complexity index is 420. The van der Waals surface area contributed by atoms with Crippen LogP contribution in [0.25, 0.3) is 0 Å². The lowest BCUT2D eigenvalue weighted by Crippen LogP contribution is -2.20. The second-order valence-corrected chi connectivity index (χ2v) is 5.00. The molecule has 19 heavy (non-hydrogen) atoms. The number of nitrogens with zero attached hydrogens (tertiary/aromatic N) is 1. The zero-order valence-electron chi connectivity index (χ0n) is 12.2. The second kappa shape index (κ2) is 7.14. The Hall–Kier alpha value is -1.55. The van der Waals surface area contributed by atoms with Crippen LogP contribution in [-0.4, -0.2) is 36.7 Å². The first-order chi connectivity index (χ1) is 8.93. The largest absolute Gasteiger partial charge is 0.496 e. The average molecular weight is 265 g/mol. The van der Waals surface area contributed by atoms with E-state index in [0.29, 0.717) is 6.42 Å². The van der Waals surface area contributed by atoms with Crippen LogP contribution in [-0.2, 0) is 11.3 Å². The van der Waals surface area contributed by atoms with Crippen LogP contribution in [0.3, 0.4) is 0 Å². The van der Waals surface area contributed by atoms with E-state index in [1.165, 1.54) is 5.56 Å². The third kappa shape index (κ3) is 4.91. The minimum Gasteiger partial charge on any atom is -0.496 e. The lowest BCUT2D eigenvalue weighted by atomic mass is 10.1. The molecule has 0 atom stereocenters. The number of ether oxygens (including phenoxy) is 1. The third-order valence-corrected chi connectivity index (χ3v) is 3.11. The number of benzene rings is 1. The van der Waals surface area contributed by atoms with Crippen molar-refractivity contribution in [2.24, 2.45) is 0 Å². The molecule has 0 heterocycles. The highest BCUT2D eigenvalue weighted by Crippen LogP contribution is 2.24. The third-order valence-electron chi connectivity index (χ3n) is 3.11. The SMILES string of the molecule is COc1c(C)cc(CN(C)CCCC(=O)O)cc1C. The van der Waals surface area contributed by atoms with E-state index in [1.54, 1.807) is 7.11 Å². The molecule has 0 amide bonds. The number of rotatable bonds is 7. The summed E-state index contributed by atoms with van der Waals surface area (Å²) >= 11 is 0. The zero-order valence-corrected chi connectivity index (χ0v) is 12.2. The predicted molar refractivity (Wildman–Crippen MR) is 75.7 cm³/mol. The summed E-state index contributed by atoms with van der Waals surface area (Å²) in [4.78, 5) is 12.6. The summed E-state index contributed by atoms with van der Waals surface area (Å²) in [6.07, 6.45) is 0.908. The van der Waals surface area contributed by atoms with E-state index in [1.807, 2.05) is 20.9 Å². The number of aryl methyl sites for hydroxylation is 2. The molecule has 0 saturated carbocycles. The van der Waals surface area contributed by atoms with Gasteiger partial charge in [0.2, 0.25) is 0 Å². The van der Waals surface area contributed by atoms with E-state index in [-0.39, 0.29) is 6.42 Å². The fourth-order valence-corrected chi connectivity index (χ4v) is 2.34. The van der Waals surface area contributed by atoms with Crippen molar-refractivity contribution in [2.75, 3.05) is 20.7 Å². The van der Waals surface area contributed by atoms with Gasteiger partial charge in [-0.2, -0.15) is 0 Å². The molecule has 0 bridgehead atoms. The highest BCUT2D eigenvalue weighted by atomic mass is 16.5. The average Bonchev–Trinajstić information content (AvgIpc) is 2.27. The molecule has 0 radical (unpaired) electrons. The standard InChI is InChI=1S/C15H23NO3/c1-11-8-13(9-12(2)15(11)19-4)10-16(3)7-5-6-14(17)18/h8-9H,5-7,10H2,1-4H3,(H,17,18).